The summed E-state index contributed by atoms with van der Waals surface area (Å²) < 4.78 is 14.3. The van der Waals surface area contributed by atoms with Crippen LogP contribution in [0.2, 0.25) is 0 Å². The Morgan fingerprint density at radius 1 is 1.43 bits per heavy atom. The van der Waals surface area contributed by atoms with Gasteiger partial charge in [0.2, 0.25) is 0 Å². The second kappa shape index (κ2) is 4.70. The number of esters is 1. The van der Waals surface area contributed by atoms with Gasteiger partial charge in [0.05, 0.1) is 13.7 Å². The quantitative estimate of drug-likeness (QED) is 0.523. The molecule has 2 N–H and O–H groups in total. The Hall–Kier alpha value is -0.690. The largest absolute Gasteiger partial charge is 0.467 e. The van der Waals surface area contributed by atoms with Crippen molar-refractivity contribution < 1.29 is 29.2 Å². The highest BCUT2D eigenvalue weighted by Gasteiger charge is 2.43. The first-order valence-corrected chi connectivity index (χ1v) is 4.20. The molecule has 1 fully saturated rings. The minimum Gasteiger partial charge on any atom is -0.467 e. The van der Waals surface area contributed by atoms with Crippen molar-refractivity contribution in [2.24, 2.45) is 0 Å². The van der Waals surface area contributed by atoms with Crippen LogP contribution in [0.15, 0.2) is 0 Å². The maximum atomic E-state index is 11.2. The maximum absolute atomic E-state index is 11.2. The summed E-state index contributed by atoms with van der Waals surface area (Å²) in [5, 5.41) is 18.7. The summed E-state index contributed by atoms with van der Waals surface area (Å²) in [6.07, 6.45) is -4.06. The Morgan fingerprint density at radius 3 is 2.57 bits per heavy atom. The fourth-order valence-electron chi connectivity index (χ4n) is 1.38. The molecular weight excluding hydrogens is 192 g/mol. The minimum atomic E-state index is -1.14. The van der Waals surface area contributed by atoms with Crippen molar-refractivity contribution in [1.82, 2.24) is 0 Å². The van der Waals surface area contributed by atoms with Gasteiger partial charge in [0, 0.05) is 7.11 Å². The highest BCUT2D eigenvalue weighted by Crippen LogP contribution is 2.18. The highest BCUT2D eigenvalue weighted by molar-refractivity contribution is 5.75. The second-order valence-electron chi connectivity index (χ2n) is 3.04. The topological polar surface area (TPSA) is 85.2 Å². The van der Waals surface area contributed by atoms with Gasteiger partial charge in [-0.1, -0.05) is 0 Å². The molecule has 0 bridgehead atoms. The lowest BCUT2D eigenvalue weighted by Gasteiger charge is -2.35. The summed E-state index contributed by atoms with van der Waals surface area (Å²) in [6, 6.07) is 0. The summed E-state index contributed by atoms with van der Waals surface area (Å²) in [4.78, 5) is 11.2. The third-order valence-electron chi connectivity index (χ3n) is 2.18. The van der Waals surface area contributed by atoms with E-state index in [4.69, 9.17) is 9.47 Å². The Bertz CT molecular complexity index is 206. The molecular formula is C8H14O6. The molecule has 0 spiro atoms. The van der Waals surface area contributed by atoms with Gasteiger partial charge in [-0.05, 0) is 0 Å². The van der Waals surface area contributed by atoms with Gasteiger partial charge in [0.1, 0.15) is 18.3 Å². The zero-order valence-electron chi connectivity index (χ0n) is 8.04. The van der Waals surface area contributed by atoms with Crippen molar-refractivity contribution in [3.63, 3.8) is 0 Å². The molecule has 0 saturated carbocycles. The second-order valence-corrected chi connectivity index (χ2v) is 3.04. The molecule has 4 atom stereocenters. The first-order valence-electron chi connectivity index (χ1n) is 4.20. The van der Waals surface area contributed by atoms with Crippen LogP contribution in [0.25, 0.3) is 0 Å². The van der Waals surface area contributed by atoms with Crippen molar-refractivity contribution in [2.75, 3.05) is 20.8 Å². The molecule has 1 rings (SSSR count). The highest BCUT2D eigenvalue weighted by atomic mass is 16.6. The summed E-state index contributed by atoms with van der Waals surface area (Å²) in [5.41, 5.74) is 0. The van der Waals surface area contributed by atoms with Crippen LogP contribution >= 0.6 is 0 Å². The number of hydrogen-bond donors (Lipinski definition) is 2. The lowest BCUT2D eigenvalue weighted by molar-refractivity contribution is -0.209. The van der Waals surface area contributed by atoms with E-state index in [-0.39, 0.29) is 6.61 Å². The lowest BCUT2D eigenvalue weighted by atomic mass is 10.00. The van der Waals surface area contributed by atoms with E-state index in [0.29, 0.717) is 0 Å². The third-order valence-corrected chi connectivity index (χ3v) is 2.18. The van der Waals surface area contributed by atoms with Crippen molar-refractivity contribution in [2.45, 2.75) is 24.4 Å². The number of hydrogen-bond acceptors (Lipinski definition) is 6. The van der Waals surface area contributed by atoms with Crippen molar-refractivity contribution in [1.29, 1.82) is 0 Å². The van der Waals surface area contributed by atoms with Crippen LogP contribution in [0.3, 0.4) is 0 Å². The van der Waals surface area contributed by atoms with E-state index in [0.717, 1.165) is 0 Å². The van der Waals surface area contributed by atoms with Crippen LogP contribution in [0.4, 0.5) is 0 Å². The number of carbonyl (C=O) groups is 1. The number of rotatable bonds is 2. The summed E-state index contributed by atoms with van der Waals surface area (Å²) in [5.74, 6) is -0.622. The number of carbonyl (C=O) groups excluding carboxylic acids is 1. The van der Waals surface area contributed by atoms with Gasteiger partial charge in [0.15, 0.2) is 6.10 Å². The first-order chi connectivity index (χ1) is 6.61. The van der Waals surface area contributed by atoms with E-state index < -0.39 is 30.4 Å². The van der Waals surface area contributed by atoms with Gasteiger partial charge in [-0.2, -0.15) is 0 Å². The van der Waals surface area contributed by atoms with Crippen LogP contribution in [0.5, 0.6) is 0 Å². The van der Waals surface area contributed by atoms with Gasteiger partial charge in [-0.3, -0.25) is 0 Å². The monoisotopic (exact) mass is 206 g/mol. The predicted octanol–water partition coefficient (Wildman–Crippen LogP) is -1.70. The molecule has 4 unspecified atom stereocenters. The number of aliphatic hydroxyl groups excluding tert-OH is 2. The molecule has 6 heteroatoms. The van der Waals surface area contributed by atoms with Gasteiger partial charge in [-0.25, -0.2) is 4.79 Å². The van der Waals surface area contributed by atoms with Gasteiger partial charge in [0.25, 0.3) is 0 Å². The molecule has 1 heterocycles. The summed E-state index contributed by atoms with van der Waals surface area (Å²) in [7, 11) is 2.54. The van der Waals surface area contributed by atoms with Crippen LogP contribution in [0.1, 0.15) is 0 Å². The minimum absolute atomic E-state index is 0.110. The average Bonchev–Trinajstić information content (AvgIpc) is 2.20. The van der Waals surface area contributed by atoms with E-state index in [1.54, 1.807) is 0 Å². The molecule has 1 saturated heterocycles. The Morgan fingerprint density at radius 2 is 2.07 bits per heavy atom. The van der Waals surface area contributed by atoms with E-state index in [1.807, 2.05) is 0 Å². The number of ether oxygens (including phenoxy) is 3. The fraction of sp³-hybridized carbons (Fsp3) is 0.875. The molecule has 0 aromatic rings. The van der Waals surface area contributed by atoms with E-state index in [2.05, 4.69) is 4.74 Å². The molecule has 14 heavy (non-hydrogen) atoms. The van der Waals surface area contributed by atoms with E-state index in [9.17, 15) is 15.0 Å². The van der Waals surface area contributed by atoms with Crippen LogP contribution in [-0.4, -0.2) is 61.4 Å². The number of methoxy groups -OCH3 is 2. The lowest BCUT2D eigenvalue weighted by Crippen LogP contribution is -2.56. The SMILES string of the molecule is COC(=O)C1OCC(O)C(O)C1OC. The van der Waals surface area contributed by atoms with Crippen LogP contribution < -0.4 is 0 Å². The standard InChI is InChI=1S/C8H14O6/c1-12-6-5(10)4(9)3-14-7(6)8(11)13-2/h4-7,9-10H,3H2,1-2H3. The van der Waals surface area contributed by atoms with E-state index in [1.165, 1.54) is 14.2 Å². The first kappa shape index (κ1) is 11.4. The third kappa shape index (κ3) is 2.03. The molecule has 0 aliphatic carbocycles. The van der Waals surface area contributed by atoms with Gasteiger partial charge < -0.3 is 24.4 Å². The molecule has 0 aromatic carbocycles. The van der Waals surface area contributed by atoms with Crippen molar-refractivity contribution in [3.8, 4) is 0 Å². The molecule has 0 amide bonds. The van der Waals surface area contributed by atoms with Gasteiger partial charge in [-0.15, -0.1) is 0 Å². The normalized spacial score (nSPS) is 38.0. The molecule has 1 aliphatic rings. The van der Waals surface area contributed by atoms with E-state index >= 15 is 0 Å². The molecule has 0 radical (unpaired) electrons. The van der Waals surface area contributed by atoms with Gasteiger partial charge >= 0.3 is 5.97 Å². The molecule has 82 valence electrons. The molecule has 0 aromatic heterocycles. The van der Waals surface area contributed by atoms with Crippen LogP contribution in [0, 0.1) is 0 Å². The van der Waals surface area contributed by atoms with Crippen LogP contribution in [-0.2, 0) is 19.0 Å². The average molecular weight is 206 g/mol. The summed E-state index contributed by atoms with van der Waals surface area (Å²) >= 11 is 0. The molecule has 1 aliphatic heterocycles. The maximum Gasteiger partial charge on any atom is 0.337 e. The zero-order chi connectivity index (χ0) is 10.7. The van der Waals surface area contributed by atoms with Crippen molar-refractivity contribution >= 4 is 5.97 Å². The predicted molar refractivity (Wildman–Crippen MR) is 44.6 cm³/mol. The van der Waals surface area contributed by atoms with Crippen molar-refractivity contribution in [3.05, 3.63) is 0 Å². The zero-order valence-corrected chi connectivity index (χ0v) is 8.04. The smallest absolute Gasteiger partial charge is 0.337 e. The fourth-order valence-corrected chi connectivity index (χ4v) is 1.38. The Balaban J connectivity index is 2.71. The molecule has 6 nitrogen and oxygen atoms in total. The Kier molecular flexibility index (Phi) is 3.82. The number of aliphatic hydroxyl groups is 2. The summed E-state index contributed by atoms with van der Waals surface area (Å²) in [6.45, 7) is -0.110. The Labute approximate surface area is 81.4 Å².